The van der Waals surface area contributed by atoms with E-state index in [-0.39, 0.29) is 30.3 Å². The fraction of sp³-hybridized carbons (Fsp3) is 0.727. The molecule has 0 bridgehead atoms. The van der Waals surface area contributed by atoms with Crippen LogP contribution >= 0.6 is 0 Å². The second-order valence-corrected chi connectivity index (χ2v) is 7.26. The number of carbonyl (C=O) groups excluding carboxylic acids is 2. The van der Waals surface area contributed by atoms with Crippen LogP contribution in [0, 0.1) is 5.92 Å². The van der Waals surface area contributed by atoms with Crippen LogP contribution in [0.4, 0.5) is 4.79 Å². The van der Waals surface area contributed by atoms with Gasteiger partial charge in [0.1, 0.15) is 0 Å². The van der Waals surface area contributed by atoms with E-state index in [1.807, 2.05) is 0 Å². The zero-order valence-electron chi connectivity index (χ0n) is 11.1. The minimum Gasteiger partial charge on any atom is -0.481 e. The molecule has 8 nitrogen and oxygen atoms in total. The van der Waals surface area contributed by atoms with E-state index >= 15 is 0 Å². The quantitative estimate of drug-likeness (QED) is 0.628. The van der Waals surface area contributed by atoms with Gasteiger partial charge in [-0.15, -0.1) is 0 Å². The molecule has 3 N–H and O–H groups in total. The Bertz CT molecular complexity index is 501. The summed E-state index contributed by atoms with van der Waals surface area (Å²) in [7, 11) is -3.09. The van der Waals surface area contributed by atoms with Gasteiger partial charge >= 0.3 is 12.0 Å². The van der Waals surface area contributed by atoms with Crippen molar-refractivity contribution in [3.8, 4) is 0 Å². The highest BCUT2D eigenvalue weighted by atomic mass is 32.2. The average molecular weight is 306 g/mol. The van der Waals surface area contributed by atoms with Gasteiger partial charge in [0.2, 0.25) is 5.91 Å². The number of amides is 3. The molecule has 1 aliphatic rings. The molecule has 1 fully saturated rings. The summed E-state index contributed by atoms with van der Waals surface area (Å²) in [5.41, 5.74) is 0. The summed E-state index contributed by atoms with van der Waals surface area (Å²) in [5.74, 6) is -2.07. The first-order chi connectivity index (χ1) is 9.18. The highest BCUT2D eigenvalue weighted by molar-refractivity contribution is 7.91. The number of imide groups is 1. The molecule has 9 heteroatoms. The van der Waals surface area contributed by atoms with E-state index in [4.69, 9.17) is 5.11 Å². The largest absolute Gasteiger partial charge is 0.481 e. The standard InChI is InChI=1S/C11H18N2O6S/c1-7(5-10(15)16)4-9(14)13-11(17)12-8-2-3-20(18,19)6-8/h7-8H,2-6H2,1H3,(H,15,16)(H2,12,13,14,17). The van der Waals surface area contributed by atoms with Gasteiger partial charge in [0.15, 0.2) is 9.84 Å². The molecule has 114 valence electrons. The summed E-state index contributed by atoms with van der Waals surface area (Å²) < 4.78 is 22.4. The van der Waals surface area contributed by atoms with Gasteiger partial charge in [-0.3, -0.25) is 14.9 Å². The maximum atomic E-state index is 11.5. The monoisotopic (exact) mass is 306 g/mol. The SMILES string of the molecule is CC(CC(=O)O)CC(=O)NC(=O)NC1CCS(=O)(=O)C1. The predicted molar refractivity (Wildman–Crippen MR) is 69.8 cm³/mol. The lowest BCUT2D eigenvalue weighted by Crippen LogP contribution is -2.45. The third-order valence-electron chi connectivity index (χ3n) is 2.88. The van der Waals surface area contributed by atoms with Crippen molar-refractivity contribution < 1.29 is 27.9 Å². The molecule has 20 heavy (non-hydrogen) atoms. The molecule has 3 amide bonds. The van der Waals surface area contributed by atoms with Crippen LogP contribution in [0.1, 0.15) is 26.2 Å². The summed E-state index contributed by atoms with van der Waals surface area (Å²) in [4.78, 5) is 33.4. The lowest BCUT2D eigenvalue weighted by molar-refractivity contribution is -0.138. The number of hydrogen-bond acceptors (Lipinski definition) is 5. The minimum absolute atomic E-state index is 0.0293. The van der Waals surface area contributed by atoms with E-state index in [0.29, 0.717) is 6.42 Å². The van der Waals surface area contributed by atoms with Gasteiger partial charge in [0.25, 0.3) is 0 Å². The van der Waals surface area contributed by atoms with Crippen molar-refractivity contribution in [3.05, 3.63) is 0 Å². The van der Waals surface area contributed by atoms with E-state index in [0.717, 1.165) is 0 Å². The van der Waals surface area contributed by atoms with Gasteiger partial charge in [0.05, 0.1) is 11.5 Å². The van der Waals surface area contributed by atoms with Crippen molar-refractivity contribution in [1.82, 2.24) is 10.6 Å². The molecular formula is C11H18N2O6S. The van der Waals surface area contributed by atoms with E-state index in [1.165, 1.54) is 0 Å². The lowest BCUT2D eigenvalue weighted by Gasteiger charge is -2.12. The Labute approximate surface area is 116 Å². The van der Waals surface area contributed by atoms with Gasteiger partial charge < -0.3 is 10.4 Å². The molecule has 0 spiro atoms. The molecule has 0 saturated carbocycles. The number of carboxylic acid groups (broad SMARTS) is 1. The summed E-state index contributed by atoms with van der Waals surface area (Å²) in [6.45, 7) is 1.59. The molecule has 0 aromatic heterocycles. The van der Waals surface area contributed by atoms with Crippen LogP contribution in [0.3, 0.4) is 0 Å². The summed E-state index contributed by atoms with van der Waals surface area (Å²) in [6, 6.07) is -1.23. The second kappa shape index (κ2) is 6.69. The molecular weight excluding hydrogens is 288 g/mol. The van der Waals surface area contributed by atoms with Crippen LogP contribution < -0.4 is 10.6 Å². The Hall–Kier alpha value is -1.64. The van der Waals surface area contributed by atoms with Gasteiger partial charge in [-0.25, -0.2) is 13.2 Å². The fourth-order valence-corrected chi connectivity index (χ4v) is 3.67. The number of aliphatic carboxylic acids is 1. The van der Waals surface area contributed by atoms with Crippen molar-refractivity contribution >= 4 is 27.7 Å². The first-order valence-electron chi connectivity index (χ1n) is 6.20. The smallest absolute Gasteiger partial charge is 0.321 e. The van der Waals surface area contributed by atoms with Gasteiger partial charge in [0, 0.05) is 18.9 Å². The summed E-state index contributed by atoms with van der Waals surface area (Å²) >= 11 is 0. The molecule has 1 rings (SSSR count). The number of hydrogen-bond donors (Lipinski definition) is 3. The van der Waals surface area contributed by atoms with Crippen molar-refractivity contribution in [2.45, 2.75) is 32.2 Å². The molecule has 2 atom stereocenters. The van der Waals surface area contributed by atoms with E-state index in [1.54, 1.807) is 6.92 Å². The van der Waals surface area contributed by atoms with Gasteiger partial charge in [-0.1, -0.05) is 6.92 Å². The van der Waals surface area contributed by atoms with Crippen LogP contribution in [0.15, 0.2) is 0 Å². The van der Waals surface area contributed by atoms with Crippen molar-refractivity contribution in [2.24, 2.45) is 5.92 Å². The summed E-state index contributed by atoms with van der Waals surface area (Å²) in [5, 5.41) is 13.0. The molecule has 0 radical (unpaired) electrons. The fourth-order valence-electron chi connectivity index (χ4n) is 1.99. The predicted octanol–water partition coefficient (Wildman–Crippen LogP) is -0.500. The van der Waals surface area contributed by atoms with Crippen LogP contribution in [-0.2, 0) is 19.4 Å². The molecule has 0 aromatic carbocycles. The number of urea groups is 1. The third kappa shape index (κ3) is 6.00. The summed E-state index contributed by atoms with van der Waals surface area (Å²) in [6.07, 6.45) is 0.0952. The Kier molecular flexibility index (Phi) is 5.49. The molecule has 1 aliphatic heterocycles. The average Bonchev–Trinajstić information content (AvgIpc) is 2.55. The number of carboxylic acids is 1. The molecule has 1 heterocycles. The minimum atomic E-state index is -3.09. The van der Waals surface area contributed by atoms with Crippen molar-refractivity contribution in [1.29, 1.82) is 0 Å². The van der Waals surface area contributed by atoms with Crippen LogP contribution in [0.5, 0.6) is 0 Å². The highest BCUT2D eigenvalue weighted by Gasteiger charge is 2.29. The molecule has 1 saturated heterocycles. The van der Waals surface area contributed by atoms with E-state index < -0.39 is 33.8 Å². The maximum Gasteiger partial charge on any atom is 0.321 e. The first-order valence-corrected chi connectivity index (χ1v) is 8.02. The maximum absolute atomic E-state index is 11.5. The lowest BCUT2D eigenvalue weighted by atomic mass is 10.0. The topological polar surface area (TPSA) is 130 Å². The van der Waals surface area contributed by atoms with Crippen molar-refractivity contribution in [2.75, 3.05) is 11.5 Å². The number of nitrogens with one attached hydrogen (secondary N) is 2. The molecule has 0 aromatic rings. The Morgan fingerprint density at radius 2 is 1.95 bits per heavy atom. The third-order valence-corrected chi connectivity index (χ3v) is 4.65. The van der Waals surface area contributed by atoms with Crippen LogP contribution in [0.2, 0.25) is 0 Å². The Morgan fingerprint density at radius 1 is 1.30 bits per heavy atom. The van der Waals surface area contributed by atoms with Crippen LogP contribution in [-0.4, -0.2) is 49.0 Å². The highest BCUT2D eigenvalue weighted by Crippen LogP contribution is 2.11. The number of sulfone groups is 1. The van der Waals surface area contributed by atoms with Gasteiger partial charge in [-0.05, 0) is 12.3 Å². The molecule has 2 unspecified atom stereocenters. The molecule has 0 aliphatic carbocycles. The normalized spacial score (nSPS) is 21.9. The zero-order valence-corrected chi connectivity index (χ0v) is 11.9. The Balaban J connectivity index is 2.32. The zero-order chi connectivity index (χ0) is 15.3. The van der Waals surface area contributed by atoms with Crippen molar-refractivity contribution in [3.63, 3.8) is 0 Å². The second-order valence-electron chi connectivity index (χ2n) is 5.03. The van der Waals surface area contributed by atoms with Crippen LogP contribution in [0.25, 0.3) is 0 Å². The number of rotatable bonds is 5. The first kappa shape index (κ1) is 16.4. The van der Waals surface area contributed by atoms with E-state index in [2.05, 4.69) is 10.6 Å². The van der Waals surface area contributed by atoms with E-state index in [9.17, 15) is 22.8 Å². The Morgan fingerprint density at radius 3 is 2.45 bits per heavy atom. The number of carbonyl (C=O) groups is 3. The van der Waals surface area contributed by atoms with Gasteiger partial charge in [-0.2, -0.15) is 0 Å².